The Hall–Kier alpha value is -0.330. The van der Waals surface area contributed by atoms with Crippen LogP contribution < -0.4 is 0 Å². The Kier molecular flexibility index (Phi) is 2.33. The highest BCUT2D eigenvalue weighted by atomic mass is 31.0. The van der Waals surface area contributed by atoms with E-state index in [9.17, 15) is 13.2 Å². The minimum atomic E-state index is -4.15. The van der Waals surface area contributed by atoms with Gasteiger partial charge in [-0.3, -0.25) is 4.90 Å². The molecule has 1 rings (SSSR count). The average Bonchev–Trinajstić information content (AvgIpc) is 1.81. The van der Waals surface area contributed by atoms with Crippen LogP contribution in [0.2, 0.25) is 0 Å². The molecule has 1 heterocycles. The molecule has 1 saturated heterocycles. The van der Waals surface area contributed by atoms with Gasteiger partial charge in [0.15, 0.2) is 0 Å². The van der Waals surface area contributed by atoms with Crippen molar-refractivity contribution in [2.45, 2.75) is 11.3 Å². The van der Waals surface area contributed by atoms with Crippen molar-refractivity contribution in [2.75, 3.05) is 19.6 Å². The lowest BCUT2D eigenvalue weighted by atomic mass is 10.0. The summed E-state index contributed by atoms with van der Waals surface area (Å²) in [5.74, 6) is 0. The molecule has 0 radical (unpaired) electrons. The average molecular weight is 196 g/mol. The van der Waals surface area contributed by atoms with Crippen LogP contribution in [0.15, 0.2) is 0 Å². The van der Waals surface area contributed by atoms with Gasteiger partial charge in [0.1, 0.15) is 0 Å². The third kappa shape index (κ3) is 2.33. The monoisotopic (exact) mass is 196 g/mol. The summed E-state index contributed by atoms with van der Waals surface area (Å²) in [6, 6.07) is 1.95. The maximum absolute atomic E-state index is 11.8. The molecule has 0 spiro atoms. The van der Waals surface area contributed by atoms with E-state index in [2.05, 4.69) is 9.24 Å². The number of halogens is 3. The summed E-state index contributed by atoms with van der Waals surface area (Å²) >= 11 is 0. The second-order valence-corrected chi connectivity index (χ2v) is 4.13. The first-order valence-electron chi connectivity index (χ1n) is 3.34. The largest absolute Gasteiger partial charge is 0.401 e. The minimum Gasteiger partial charge on any atom is -0.291 e. The quantitative estimate of drug-likeness (QED) is 0.585. The van der Waals surface area contributed by atoms with Gasteiger partial charge >= 0.3 is 6.18 Å². The molecule has 0 aromatic carbocycles. The Morgan fingerprint density at radius 3 is 2.33 bits per heavy atom. The van der Waals surface area contributed by atoms with Crippen molar-refractivity contribution in [3.05, 3.63) is 0 Å². The number of nitrogens with zero attached hydrogens (tertiary/aromatic N) is 2. The smallest absolute Gasteiger partial charge is 0.291 e. The van der Waals surface area contributed by atoms with E-state index in [1.807, 2.05) is 6.07 Å². The molecule has 1 fully saturated rings. The summed E-state index contributed by atoms with van der Waals surface area (Å²) in [5.41, 5.74) is 0. The van der Waals surface area contributed by atoms with E-state index < -0.39 is 17.9 Å². The van der Waals surface area contributed by atoms with Gasteiger partial charge in [-0.1, -0.05) is 0 Å². The Morgan fingerprint density at radius 2 is 2.00 bits per heavy atom. The van der Waals surface area contributed by atoms with Crippen LogP contribution >= 0.6 is 9.24 Å². The maximum Gasteiger partial charge on any atom is 0.401 e. The predicted molar refractivity (Wildman–Crippen MR) is 40.5 cm³/mol. The predicted octanol–water partition coefficient (Wildman–Crippen LogP) is 1.00. The van der Waals surface area contributed by atoms with E-state index >= 15 is 0 Å². The number of likely N-dealkylation sites (tertiary alicyclic amines) is 1. The van der Waals surface area contributed by atoms with E-state index in [-0.39, 0.29) is 13.1 Å². The van der Waals surface area contributed by atoms with Gasteiger partial charge in [0.2, 0.25) is 0 Å². The van der Waals surface area contributed by atoms with E-state index in [0.717, 1.165) is 0 Å². The molecule has 0 aromatic rings. The van der Waals surface area contributed by atoms with Gasteiger partial charge in [-0.2, -0.15) is 18.4 Å². The first-order valence-corrected chi connectivity index (χ1v) is 3.92. The lowest BCUT2D eigenvalue weighted by molar-refractivity contribution is -0.154. The topological polar surface area (TPSA) is 27.0 Å². The Balaban J connectivity index is 2.32. The molecule has 0 aromatic heterocycles. The third-order valence-corrected chi connectivity index (χ3v) is 2.13. The number of rotatable bonds is 1. The van der Waals surface area contributed by atoms with Crippen molar-refractivity contribution in [3.63, 3.8) is 0 Å². The molecule has 0 aliphatic carbocycles. The highest BCUT2D eigenvalue weighted by Gasteiger charge is 2.44. The minimum absolute atomic E-state index is 0.188. The van der Waals surface area contributed by atoms with Crippen LogP contribution in [0.1, 0.15) is 0 Å². The summed E-state index contributed by atoms with van der Waals surface area (Å²) in [4.78, 5) is 1.20. The number of hydrogen-bond donors (Lipinski definition) is 0. The molecule has 6 heteroatoms. The molecule has 1 aliphatic rings. The zero-order valence-electron chi connectivity index (χ0n) is 6.23. The van der Waals surface area contributed by atoms with Crippen molar-refractivity contribution in [3.8, 4) is 6.07 Å². The highest BCUT2D eigenvalue weighted by molar-refractivity contribution is 7.19. The molecule has 0 saturated carbocycles. The molecule has 1 unspecified atom stereocenters. The number of hydrogen-bond acceptors (Lipinski definition) is 2. The maximum atomic E-state index is 11.8. The molecule has 12 heavy (non-hydrogen) atoms. The van der Waals surface area contributed by atoms with Gasteiger partial charge < -0.3 is 0 Å². The molecule has 68 valence electrons. The summed E-state index contributed by atoms with van der Waals surface area (Å²) in [5, 5.41) is 7.84. The van der Waals surface area contributed by atoms with Gasteiger partial charge in [0.25, 0.3) is 0 Å². The standard InChI is InChI=1S/C6H8F3N2P/c7-6(8,9)4-11-2-5(12,1-10)3-11/h2-4,12H2. The van der Waals surface area contributed by atoms with Crippen molar-refractivity contribution < 1.29 is 13.2 Å². The lowest BCUT2D eigenvalue weighted by Crippen LogP contribution is -2.59. The molecular weight excluding hydrogens is 188 g/mol. The number of nitriles is 1. The summed E-state index contributed by atoms with van der Waals surface area (Å²) < 4.78 is 35.3. The molecule has 1 atom stereocenters. The first-order chi connectivity index (χ1) is 5.35. The van der Waals surface area contributed by atoms with Crippen LogP contribution in [-0.2, 0) is 0 Å². The Labute approximate surface area is 70.5 Å². The van der Waals surface area contributed by atoms with Crippen LogP contribution in [0.25, 0.3) is 0 Å². The van der Waals surface area contributed by atoms with Crippen LogP contribution in [0.4, 0.5) is 13.2 Å². The van der Waals surface area contributed by atoms with Gasteiger partial charge in [0, 0.05) is 13.1 Å². The Morgan fingerprint density at radius 1 is 1.50 bits per heavy atom. The zero-order valence-corrected chi connectivity index (χ0v) is 7.38. The van der Waals surface area contributed by atoms with Gasteiger partial charge in [-0.25, -0.2) is 0 Å². The van der Waals surface area contributed by atoms with Crippen LogP contribution in [-0.4, -0.2) is 35.9 Å². The molecule has 0 amide bonds. The fourth-order valence-electron chi connectivity index (χ4n) is 1.19. The van der Waals surface area contributed by atoms with Crippen molar-refractivity contribution in [1.29, 1.82) is 5.26 Å². The van der Waals surface area contributed by atoms with E-state index in [0.29, 0.717) is 0 Å². The SMILES string of the molecule is N#CC1(P)CN(CC(F)(F)F)C1. The van der Waals surface area contributed by atoms with Crippen LogP contribution in [0, 0.1) is 11.3 Å². The van der Waals surface area contributed by atoms with Crippen molar-refractivity contribution >= 4 is 9.24 Å². The normalized spacial score (nSPS) is 22.9. The fourth-order valence-corrected chi connectivity index (χ4v) is 1.70. The molecule has 2 nitrogen and oxygen atoms in total. The van der Waals surface area contributed by atoms with Crippen molar-refractivity contribution in [2.24, 2.45) is 0 Å². The molecule has 1 aliphatic heterocycles. The summed E-state index contributed by atoms with van der Waals surface area (Å²) in [6.45, 7) is -0.536. The van der Waals surface area contributed by atoms with Gasteiger partial charge in [0.05, 0.1) is 17.8 Å². The van der Waals surface area contributed by atoms with Gasteiger partial charge in [-0.15, -0.1) is 9.24 Å². The summed E-state index contributed by atoms with van der Waals surface area (Å²) in [7, 11) is 2.28. The Bertz CT molecular complexity index is 214. The van der Waals surface area contributed by atoms with E-state index in [4.69, 9.17) is 5.26 Å². The lowest BCUT2D eigenvalue weighted by Gasteiger charge is -2.43. The third-order valence-electron chi connectivity index (χ3n) is 1.64. The van der Waals surface area contributed by atoms with Gasteiger partial charge in [-0.05, 0) is 0 Å². The zero-order chi connectivity index (χ0) is 9.41. The molecular formula is C6H8F3N2P. The second-order valence-electron chi connectivity index (χ2n) is 3.03. The first kappa shape index (κ1) is 9.76. The van der Waals surface area contributed by atoms with E-state index in [1.165, 1.54) is 4.90 Å². The fraction of sp³-hybridized carbons (Fsp3) is 0.833. The molecule has 0 bridgehead atoms. The van der Waals surface area contributed by atoms with E-state index in [1.54, 1.807) is 0 Å². The second kappa shape index (κ2) is 2.86. The number of alkyl halides is 3. The van der Waals surface area contributed by atoms with Crippen LogP contribution in [0.5, 0.6) is 0 Å². The highest BCUT2D eigenvalue weighted by Crippen LogP contribution is 2.31. The van der Waals surface area contributed by atoms with Crippen molar-refractivity contribution in [1.82, 2.24) is 4.90 Å². The molecule has 0 N–H and O–H groups in total. The summed E-state index contributed by atoms with van der Waals surface area (Å²) in [6.07, 6.45) is -4.15. The van der Waals surface area contributed by atoms with Crippen LogP contribution in [0.3, 0.4) is 0 Å².